The van der Waals surface area contributed by atoms with Crippen molar-refractivity contribution in [1.82, 2.24) is 0 Å². The van der Waals surface area contributed by atoms with E-state index in [4.69, 9.17) is 0 Å². The van der Waals surface area contributed by atoms with E-state index in [1.807, 2.05) is 70.7 Å². The van der Waals surface area contributed by atoms with E-state index < -0.39 is 10.8 Å². The summed E-state index contributed by atoms with van der Waals surface area (Å²) in [5.41, 5.74) is 0.674. The highest BCUT2D eigenvalue weighted by Gasteiger charge is 2.38. The number of carbonyl (C=O) groups is 2. The van der Waals surface area contributed by atoms with Gasteiger partial charge in [0.05, 0.1) is 0 Å². The van der Waals surface area contributed by atoms with E-state index in [-0.39, 0.29) is 17.9 Å². The molecule has 1 aromatic carbocycles. The van der Waals surface area contributed by atoms with Crippen molar-refractivity contribution >= 4 is 23.2 Å². The summed E-state index contributed by atoms with van der Waals surface area (Å²) in [4.78, 5) is 27.9. The predicted molar refractivity (Wildman–Crippen MR) is 117 cm³/mol. The first-order chi connectivity index (χ1) is 12.8. The van der Waals surface area contributed by atoms with Crippen LogP contribution in [0.2, 0.25) is 0 Å². The minimum absolute atomic E-state index is 0.0296. The van der Waals surface area contributed by atoms with Gasteiger partial charge in [0.15, 0.2) is 0 Å². The van der Waals surface area contributed by atoms with Crippen molar-refractivity contribution in [2.75, 3.05) is 10.2 Å². The zero-order valence-electron chi connectivity index (χ0n) is 18.9. The quantitative estimate of drug-likeness (QED) is 0.706. The zero-order valence-corrected chi connectivity index (χ0v) is 18.9. The number of nitrogens with one attached hydrogen (secondary N) is 1. The molecule has 156 valence electrons. The Bertz CT molecular complexity index is 712. The first kappa shape index (κ1) is 22.4. The van der Waals surface area contributed by atoms with Gasteiger partial charge in [-0.2, -0.15) is 0 Å². The lowest BCUT2D eigenvalue weighted by Crippen LogP contribution is -2.51. The lowest BCUT2D eigenvalue weighted by Gasteiger charge is -2.43. The van der Waals surface area contributed by atoms with Gasteiger partial charge in [0, 0.05) is 28.2 Å². The number of nitrogens with zero attached hydrogens (tertiary/aromatic N) is 1. The molecule has 1 aromatic rings. The van der Waals surface area contributed by atoms with Crippen molar-refractivity contribution in [3.8, 4) is 0 Å². The largest absolute Gasteiger partial charge is 0.326 e. The Kier molecular flexibility index (Phi) is 6.62. The normalized spacial score (nSPS) is 23.2. The average Bonchev–Trinajstić information content (AvgIpc) is 2.57. The fourth-order valence-corrected chi connectivity index (χ4v) is 3.79. The van der Waals surface area contributed by atoms with Gasteiger partial charge in [-0.15, -0.1) is 0 Å². The van der Waals surface area contributed by atoms with Crippen LogP contribution in [0.25, 0.3) is 0 Å². The monoisotopic (exact) mass is 386 g/mol. The van der Waals surface area contributed by atoms with Crippen molar-refractivity contribution in [3.05, 3.63) is 24.3 Å². The molecule has 0 radical (unpaired) electrons. The molecule has 0 spiro atoms. The van der Waals surface area contributed by atoms with E-state index in [2.05, 4.69) is 19.2 Å². The highest BCUT2D eigenvalue weighted by molar-refractivity contribution is 5.99. The molecule has 2 amide bonds. The van der Waals surface area contributed by atoms with Crippen LogP contribution in [0, 0.1) is 22.7 Å². The second-order valence-electron chi connectivity index (χ2n) is 10.5. The van der Waals surface area contributed by atoms with Crippen molar-refractivity contribution in [2.45, 2.75) is 80.7 Å². The molecule has 1 N–H and O–H groups in total. The average molecular weight is 387 g/mol. The Morgan fingerprint density at radius 3 is 2.21 bits per heavy atom. The number of anilines is 2. The molecule has 0 heterocycles. The summed E-state index contributed by atoms with van der Waals surface area (Å²) in [6.45, 7) is 16.2. The maximum absolute atomic E-state index is 13.4. The van der Waals surface area contributed by atoms with Crippen molar-refractivity contribution in [1.29, 1.82) is 0 Å². The van der Waals surface area contributed by atoms with Crippen LogP contribution in [0.1, 0.15) is 74.7 Å². The van der Waals surface area contributed by atoms with Gasteiger partial charge >= 0.3 is 0 Å². The van der Waals surface area contributed by atoms with Crippen LogP contribution in [0.15, 0.2) is 24.3 Å². The van der Waals surface area contributed by atoms with Gasteiger partial charge in [0.1, 0.15) is 0 Å². The van der Waals surface area contributed by atoms with Gasteiger partial charge in [-0.05, 0) is 36.5 Å². The number of hydrogen-bond acceptors (Lipinski definition) is 2. The van der Waals surface area contributed by atoms with Gasteiger partial charge in [0.25, 0.3) is 0 Å². The molecule has 1 saturated carbocycles. The van der Waals surface area contributed by atoms with Gasteiger partial charge in [-0.25, -0.2) is 0 Å². The molecule has 0 bridgehead atoms. The molecule has 4 nitrogen and oxygen atoms in total. The molecule has 0 saturated heterocycles. The van der Waals surface area contributed by atoms with Gasteiger partial charge in [0.2, 0.25) is 11.8 Å². The number of rotatable bonds is 3. The van der Waals surface area contributed by atoms with Crippen LogP contribution in [0.5, 0.6) is 0 Å². The van der Waals surface area contributed by atoms with E-state index in [9.17, 15) is 9.59 Å². The molecule has 2 rings (SSSR count). The molecular weight excluding hydrogens is 348 g/mol. The Morgan fingerprint density at radius 2 is 1.64 bits per heavy atom. The van der Waals surface area contributed by atoms with E-state index in [0.29, 0.717) is 11.8 Å². The van der Waals surface area contributed by atoms with Crippen molar-refractivity contribution in [2.24, 2.45) is 22.7 Å². The fraction of sp³-hybridized carbons (Fsp3) is 0.667. The van der Waals surface area contributed by atoms with Crippen LogP contribution >= 0.6 is 0 Å². The number of benzene rings is 1. The minimum atomic E-state index is -0.468. The third-order valence-corrected chi connectivity index (χ3v) is 5.92. The number of carbonyl (C=O) groups excluding carboxylic acids is 2. The molecule has 1 fully saturated rings. The lowest BCUT2D eigenvalue weighted by molar-refractivity contribution is -0.126. The van der Waals surface area contributed by atoms with E-state index in [1.54, 1.807) is 0 Å². The smallest absolute Gasteiger partial charge is 0.232 e. The van der Waals surface area contributed by atoms with Gasteiger partial charge in [-0.3, -0.25) is 9.59 Å². The lowest BCUT2D eigenvalue weighted by atomic mass is 9.76. The summed E-state index contributed by atoms with van der Waals surface area (Å²) in [6.07, 6.45) is 3.38. The van der Waals surface area contributed by atoms with Gasteiger partial charge in [-0.1, -0.05) is 74.3 Å². The summed E-state index contributed by atoms with van der Waals surface area (Å²) in [7, 11) is 0. The summed E-state index contributed by atoms with van der Waals surface area (Å²) in [6, 6.07) is 7.93. The zero-order chi connectivity index (χ0) is 21.3. The second-order valence-corrected chi connectivity index (χ2v) is 10.5. The third-order valence-electron chi connectivity index (χ3n) is 5.92. The summed E-state index contributed by atoms with van der Waals surface area (Å²) in [5.74, 6) is 1.14. The number of amides is 2. The standard InChI is InChI=1S/C24H38N2O2/c1-16-11-9-14-20(17(16)2)26(22(28)24(6,7)8)19-13-10-12-18(15-19)25-21(27)23(3,4)5/h10,12-13,15-17,20H,9,11,14H2,1-8H3,(H,25,27). The molecule has 28 heavy (non-hydrogen) atoms. The highest BCUT2D eigenvalue weighted by atomic mass is 16.2. The van der Waals surface area contributed by atoms with Crippen LogP contribution < -0.4 is 10.2 Å². The summed E-state index contributed by atoms with van der Waals surface area (Å²) >= 11 is 0. The second kappa shape index (κ2) is 8.26. The Balaban J connectivity index is 2.42. The predicted octanol–water partition coefficient (Wildman–Crippen LogP) is 5.88. The molecule has 3 unspecified atom stereocenters. The first-order valence-corrected chi connectivity index (χ1v) is 10.6. The van der Waals surface area contributed by atoms with E-state index >= 15 is 0 Å². The Morgan fingerprint density at radius 1 is 1.00 bits per heavy atom. The Labute approximate surface area is 171 Å². The molecule has 1 aliphatic rings. The maximum atomic E-state index is 13.4. The van der Waals surface area contributed by atoms with Crippen LogP contribution in [0.3, 0.4) is 0 Å². The summed E-state index contributed by atoms with van der Waals surface area (Å²) in [5, 5.41) is 3.00. The SMILES string of the molecule is CC1CCCC(N(C(=O)C(C)(C)C)c2cccc(NC(=O)C(C)(C)C)c2)C1C. The van der Waals surface area contributed by atoms with Gasteiger partial charge < -0.3 is 10.2 Å². The highest BCUT2D eigenvalue weighted by Crippen LogP contribution is 2.38. The third kappa shape index (κ3) is 5.15. The minimum Gasteiger partial charge on any atom is -0.326 e. The first-order valence-electron chi connectivity index (χ1n) is 10.6. The van der Waals surface area contributed by atoms with Crippen LogP contribution in [-0.4, -0.2) is 17.9 Å². The molecule has 1 aliphatic carbocycles. The molecule has 4 heteroatoms. The number of hydrogen-bond donors (Lipinski definition) is 1. The molecule has 0 aromatic heterocycles. The van der Waals surface area contributed by atoms with Crippen molar-refractivity contribution in [3.63, 3.8) is 0 Å². The van der Waals surface area contributed by atoms with E-state index in [0.717, 1.165) is 24.2 Å². The topological polar surface area (TPSA) is 49.4 Å². The summed E-state index contributed by atoms with van der Waals surface area (Å²) < 4.78 is 0. The van der Waals surface area contributed by atoms with E-state index in [1.165, 1.54) is 6.42 Å². The molecular formula is C24H38N2O2. The van der Waals surface area contributed by atoms with Crippen molar-refractivity contribution < 1.29 is 9.59 Å². The van der Waals surface area contributed by atoms with Crippen LogP contribution in [0.4, 0.5) is 11.4 Å². The van der Waals surface area contributed by atoms with Crippen LogP contribution in [-0.2, 0) is 9.59 Å². The molecule has 0 aliphatic heterocycles. The fourth-order valence-electron chi connectivity index (χ4n) is 3.79. The maximum Gasteiger partial charge on any atom is 0.232 e. The molecule has 3 atom stereocenters. The Hall–Kier alpha value is -1.84.